The van der Waals surface area contributed by atoms with E-state index in [2.05, 4.69) is 5.32 Å². The highest BCUT2D eigenvalue weighted by molar-refractivity contribution is 5.85. The van der Waals surface area contributed by atoms with Crippen molar-refractivity contribution in [3.05, 3.63) is 35.4 Å². The lowest BCUT2D eigenvalue weighted by Gasteiger charge is -2.33. The summed E-state index contributed by atoms with van der Waals surface area (Å²) in [6.45, 7) is 2.36. The first kappa shape index (κ1) is 26.1. The van der Waals surface area contributed by atoms with Crippen LogP contribution in [0.2, 0.25) is 0 Å². The highest BCUT2D eigenvalue weighted by Crippen LogP contribution is 2.18. The zero-order chi connectivity index (χ0) is 18.1. The van der Waals surface area contributed by atoms with Crippen LogP contribution in [0.25, 0.3) is 0 Å². The minimum Gasteiger partial charge on any atom is -0.352 e. The van der Waals surface area contributed by atoms with E-state index in [1.165, 1.54) is 18.2 Å². The Kier molecular flexibility index (Phi) is 13.6. The van der Waals surface area contributed by atoms with Gasteiger partial charge in [-0.2, -0.15) is 0 Å². The van der Waals surface area contributed by atoms with Crippen molar-refractivity contribution in [2.24, 2.45) is 5.73 Å². The number of unbranched alkanes of at least 4 members (excludes halogenated alkanes) is 3. The lowest BCUT2D eigenvalue weighted by molar-refractivity contribution is -0.122. The Morgan fingerprint density at radius 2 is 1.81 bits per heavy atom. The zero-order valence-electron chi connectivity index (χ0n) is 15.6. The first-order valence-corrected chi connectivity index (χ1v) is 9.25. The molecule has 1 aromatic rings. The average Bonchev–Trinajstić information content (AvgIpc) is 2.58. The third-order valence-electron chi connectivity index (χ3n) is 4.67. The molecule has 1 atom stereocenters. The lowest BCUT2D eigenvalue weighted by Crippen LogP contribution is -2.47. The van der Waals surface area contributed by atoms with E-state index in [1.807, 2.05) is 4.90 Å². The van der Waals surface area contributed by atoms with Crippen molar-refractivity contribution < 1.29 is 13.6 Å². The minimum absolute atomic E-state index is 0. The number of benzene rings is 1. The highest BCUT2D eigenvalue weighted by Gasteiger charge is 2.23. The number of likely N-dealkylation sites (tertiary alicyclic amines) is 1. The van der Waals surface area contributed by atoms with Gasteiger partial charge in [0.15, 0.2) is 0 Å². The van der Waals surface area contributed by atoms with Crippen LogP contribution in [0, 0.1) is 11.6 Å². The van der Waals surface area contributed by atoms with Crippen molar-refractivity contribution in [2.45, 2.75) is 57.5 Å². The number of amides is 1. The van der Waals surface area contributed by atoms with Crippen LogP contribution < -0.4 is 11.1 Å². The van der Waals surface area contributed by atoms with E-state index >= 15 is 0 Å². The Morgan fingerprint density at radius 1 is 1.15 bits per heavy atom. The fourth-order valence-electron chi connectivity index (χ4n) is 3.31. The molecule has 1 amide bonds. The normalized spacial score (nSPS) is 16.9. The third kappa shape index (κ3) is 9.19. The fourth-order valence-corrected chi connectivity index (χ4v) is 3.31. The van der Waals surface area contributed by atoms with E-state index in [9.17, 15) is 13.6 Å². The van der Waals surface area contributed by atoms with Crippen molar-refractivity contribution in [3.63, 3.8) is 0 Å². The molecule has 156 valence electrons. The van der Waals surface area contributed by atoms with Crippen LogP contribution in [-0.2, 0) is 11.3 Å². The predicted octanol–water partition coefficient (Wildman–Crippen LogP) is 3.80. The molecule has 1 heterocycles. The molecule has 1 fully saturated rings. The van der Waals surface area contributed by atoms with Crippen molar-refractivity contribution in [1.82, 2.24) is 10.2 Å². The van der Waals surface area contributed by atoms with Gasteiger partial charge in [-0.1, -0.05) is 18.9 Å². The molecule has 8 heteroatoms. The largest absolute Gasteiger partial charge is 0.352 e. The summed E-state index contributed by atoms with van der Waals surface area (Å²) in [6.07, 6.45) is 6.33. The number of hydrogen-bond donors (Lipinski definition) is 2. The van der Waals surface area contributed by atoms with Crippen LogP contribution in [0.3, 0.4) is 0 Å². The summed E-state index contributed by atoms with van der Waals surface area (Å²) in [5.41, 5.74) is 5.56. The molecular weight excluding hydrogens is 395 g/mol. The molecule has 1 aliphatic heterocycles. The van der Waals surface area contributed by atoms with Crippen molar-refractivity contribution in [2.75, 3.05) is 19.6 Å². The predicted molar refractivity (Wildman–Crippen MR) is 109 cm³/mol. The average molecular weight is 426 g/mol. The first-order chi connectivity index (χ1) is 12.1. The SMILES string of the molecule is Cl.Cl.NCCCCCCC(=O)NC1CCCN(Cc2c(F)cccc2F)C1. The maximum absolute atomic E-state index is 13.8. The summed E-state index contributed by atoms with van der Waals surface area (Å²) in [5.74, 6) is -0.955. The summed E-state index contributed by atoms with van der Waals surface area (Å²) in [7, 11) is 0. The van der Waals surface area contributed by atoms with Crippen LogP contribution in [0.5, 0.6) is 0 Å². The number of nitrogens with two attached hydrogens (primary N) is 1. The molecule has 4 nitrogen and oxygen atoms in total. The fraction of sp³-hybridized carbons (Fsp3) is 0.632. The molecule has 1 unspecified atom stereocenters. The van der Waals surface area contributed by atoms with E-state index in [4.69, 9.17) is 5.73 Å². The quantitative estimate of drug-likeness (QED) is 0.591. The maximum atomic E-state index is 13.8. The number of carbonyl (C=O) groups excluding carboxylic acids is 1. The number of rotatable bonds is 9. The second-order valence-electron chi connectivity index (χ2n) is 6.79. The molecule has 0 spiro atoms. The van der Waals surface area contributed by atoms with Crippen molar-refractivity contribution >= 4 is 30.7 Å². The molecule has 1 aliphatic rings. The second-order valence-corrected chi connectivity index (χ2v) is 6.79. The van der Waals surface area contributed by atoms with Gasteiger partial charge in [0.25, 0.3) is 0 Å². The standard InChI is InChI=1S/C19H29F2N3O.2ClH/c20-17-8-5-9-18(21)16(17)14-24-12-6-7-15(13-24)23-19(25)10-3-1-2-4-11-22;;/h5,8-9,15H,1-4,6-7,10-14,22H2,(H,23,25);2*1H. The third-order valence-corrected chi connectivity index (χ3v) is 4.67. The molecular formula is C19H31Cl2F2N3O. The minimum atomic E-state index is -0.511. The van der Waals surface area contributed by atoms with Crippen LogP contribution in [-0.4, -0.2) is 36.5 Å². The number of hydrogen-bond acceptors (Lipinski definition) is 3. The number of carbonyl (C=O) groups is 1. The maximum Gasteiger partial charge on any atom is 0.220 e. The smallest absolute Gasteiger partial charge is 0.220 e. The van der Waals surface area contributed by atoms with E-state index in [1.54, 1.807) is 0 Å². The van der Waals surface area contributed by atoms with Gasteiger partial charge >= 0.3 is 0 Å². The molecule has 2 rings (SSSR count). The van der Waals surface area contributed by atoms with Gasteiger partial charge in [0.1, 0.15) is 11.6 Å². The Morgan fingerprint density at radius 3 is 2.48 bits per heavy atom. The second kappa shape index (κ2) is 14.1. The number of nitrogens with one attached hydrogen (secondary N) is 1. The molecule has 0 bridgehead atoms. The monoisotopic (exact) mass is 425 g/mol. The molecule has 1 saturated heterocycles. The Balaban J connectivity index is 0.00000338. The summed E-state index contributed by atoms with van der Waals surface area (Å²) in [6, 6.07) is 4.00. The number of piperidine rings is 1. The van der Waals surface area contributed by atoms with Crippen LogP contribution in [0.1, 0.15) is 50.5 Å². The van der Waals surface area contributed by atoms with Gasteiger partial charge in [0.05, 0.1) is 0 Å². The van der Waals surface area contributed by atoms with E-state index in [0.717, 1.165) is 45.1 Å². The van der Waals surface area contributed by atoms with Gasteiger partial charge < -0.3 is 11.1 Å². The van der Waals surface area contributed by atoms with Crippen LogP contribution in [0.15, 0.2) is 18.2 Å². The molecule has 0 saturated carbocycles. The van der Waals surface area contributed by atoms with E-state index < -0.39 is 11.6 Å². The lowest BCUT2D eigenvalue weighted by atomic mass is 10.0. The molecule has 0 aromatic heterocycles. The van der Waals surface area contributed by atoms with Crippen molar-refractivity contribution in [1.29, 1.82) is 0 Å². The Bertz CT molecular complexity index is 544. The number of nitrogens with zero attached hydrogens (tertiary/aromatic N) is 1. The first-order valence-electron chi connectivity index (χ1n) is 9.25. The molecule has 3 N–H and O–H groups in total. The van der Waals surface area contributed by atoms with Crippen molar-refractivity contribution in [3.8, 4) is 0 Å². The summed E-state index contributed by atoms with van der Waals surface area (Å²) < 4.78 is 27.6. The van der Waals surface area contributed by atoms with Gasteiger partial charge in [0.2, 0.25) is 5.91 Å². The highest BCUT2D eigenvalue weighted by atomic mass is 35.5. The molecule has 27 heavy (non-hydrogen) atoms. The van der Waals surface area contributed by atoms with E-state index in [-0.39, 0.29) is 48.9 Å². The molecule has 0 radical (unpaired) electrons. The van der Waals surface area contributed by atoms with Gasteiger partial charge in [0, 0.05) is 31.1 Å². The van der Waals surface area contributed by atoms with Gasteiger partial charge in [-0.3, -0.25) is 9.69 Å². The van der Waals surface area contributed by atoms with E-state index in [0.29, 0.717) is 19.5 Å². The Labute approximate surface area is 173 Å². The zero-order valence-corrected chi connectivity index (χ0v) is 17.2. The molecule has 0 aliphatic carbocycles. The van der Waals surface area contributed by atoms with Gasteiger partial charge in [-0.25, -0.2) is 8.78 Å². The van der Waals surface area contributed by atoms with Crippen LogP contribution in [0.4, 0.5) is 8.78 Å². The van der Waals surface area contributed by atoms with Gasteiger partial charge in [-0.15, -0.1) is 24.8 Å². The Hall–Kier alpha value is -0.950. The van der Waals surface area contributed by atoms with Gasteiger partial charge in [-0.05, 0) is 50.9 Å². The number of halogens is 4. The summed E-state index contributed by atoms with van der Waals surface area (Å²) in [4.78, 5) is 14.1. The summed E-state index contributed by atoms with van der Waals surface area (Å²) >= 11 is 0. The summed E-state index contributed by atoms with van der Waals surface area (Å²) in [5, 5.41) is 3.06. The topological polar surface area (TPSA) is 58.4 Å². The molecule has 1 aromatic carbocycles. The van der Waals surface area contributed by atoms with Crippen LogP contribution >= 0.6 is 24.8 Å².